The van der Waals surface area contributed by atoms with Crippen molar-refractivity contribution in [3.8, 4) is 5.75 Å². The Balaban J connectivity index is 2.10. The highest BCUT2D eigenvalue weighted by atomic mass is 79.9. The summed E-state index contributed by atoms with van der Waals surface area (Å²) in [6.45, 7) is 4.17. The molecule has 0 spiro atoms. The lowest BCUT2D eigenvalue weighted by Crippen LogP contribution is -2.22. The van der Waals surface area contributed by atoms with Crippen LogP contribution in [-0.2, 0) is 0 Å². The Hall–Kier alpha value is -1.39. The van der Waals surface area contributed by atoms with Gasteiger partial charge in [0.25, 0.3) is 0 Å². The standard InChI is InChI=1S/C17H19BrFNO/c1-11(13-5-4-6-15(9-13)21-3)20-12(2)14-7-8-17(19)16(18)10-14/h4-12,20H,1-3H3. The van der Waals surface area contributed by atoms with Gasteiger partial charge in [0.1, 0.15) is 11.6 Å². The van der Waals surface area contributed by atoms with Crippen molar-refractivity contribution in [3.63, 3.8) is 0 Å². The highest BCUT2D eigenvalue weighted by molar-refractivity contribution is 9.10. The first-order valence-corrected chi connectivity index (χ1v) is 7.65. The summed E-state index contributed by atoms with van der Waals surface area (Å²) in [7, 11) is 1.66. The maximum atomic E-state index is 13.3. The van der Waals surface area contributed by atoms with Gasteiger partial charge in [0, 0.05) is 12.1 Å². The van der Waals surface area contributed by atoms with Gasteiger partial charge in [-0.1, -0.05) is 18.2 Å². The molecule has 0 bridgehead atoms. The second-order valence-corrected chi connectivity index (χ2v) is 5.91. The van der Waals surface area contributed by atoms with E-state index >= 15 is 0 Å². The number of hydrogen-bond donors (Lipinski definition) is 1. The maximum Gasteiger partial charge on any atom is 0.137 e. The molecule has 4 heteroatoms. The van der Waals surface area contributed by atoms with E-state index in [2.05, 4.69) is 41.2 Å². The molecule has 2 nitrogen and oxygen atoms in total. The van der Waals surface area contributed by atoms with Gasteiger partial charge in [-0.25, -0.2) is 4.39 Å². The average Bonchev–Trinajstić information content (AvgIpc) is 2.49. The molecule has 0 saturated heterocycles. The van der Waals surface area contributed by atoms with E-state index in [1.54, 1.807) is 13.2 Å². The molecular formula is C17H19BrFNO. The summed E-state index contributed by atoms with van der Waals surface area (Å²) in [5, 5.41) is 3.51. The molecule has 21 heavy (non-hydrogen) atoms. The predicted molar refractivity (Wildman–Crippen MR) is 87.1 cm³/mol. The number of rotatable bonds is 5. The molecule has 0 heterocycles. The third-order valence-corrected chi connectivity index (χ3v) is 4.15. The zero-order valence-electron chi connectivity index (χ0n) is 12.4. The van der Waals surface area contributed by atoms with Crippen molar-refractivity contribution in [1.29, 1.82) is 0 Å². The Morgan fingerprint density at radius 2 is 1.71 bits per heavy atom. The molecule has 0 aromatic heterocycles. The smallest absolute Gasteiger partial charge is 0.137 e. The van der Waals surface area contributed by atoms with Gasteiger partial charge in [-0.05, 0) is 65.2 Å². The van der Waals surface area contributed by atoms with E-state index in [1.165, 1.54) is 6.07 Å². The van der Waals surface area contributed by atoms with Crippen LogP contribution in [-0.4, -0.2) is 7.11 Å². The van der Waals surface area contributed by atoms with Crippen molar-refractivity contribution >= 4 is 15.9 Å². The van der Waals surface area contributed by atoms with E-state index in [0.29, 0.717) is 4.47 Å². The normalized spacial score (nSPS) is 13.8. The van der Waals surface area contributed by atoms with Crippen LogP contribution in [0.2, 0.25) is 0 Å². The molecule has 2 aromatic carbocycles. The topological polar surface area (TPSA) is 21.3 Å². The first-order chi connectivity index (χ1) is 10.0. The summed E-state index contributed by atoms with van der Waals surface area (Å²) < 4.78 is 19.0. The fourth-order valence-electron chi connectivity index (χ4n) is 2.26. The summed E-state index contributed by atoms with van der Waals surface area (Å²) in [5.41, 5.74) is 2.19. The van der Waals surface area contributed by atoms with Crippen molar-refractivity contribution in [3.05, 3.63) is 63.9 Å². The van der Waals surface area contributed by atoms with Crippen molar-refractivity contribution in [2.24, 2.45) is 0 Å². The van der Waals surface area contributed by atoms with Gasteiger partial charge in [-0.3, -0.25) is 0 Å². The predicted octanol–water partition coefficient (Wildman–Crippen LogP) is 5.01. The number of ether oxygens (including phenoxy) is 1. The molecule has 2 unspecified atom stereocenters. The van der Waals surface area contributed by atoms with Crippen molar-refractivity contribution < 1.29 is 9.13 Å². The van der Waals surface area contributed by atoms with Crippen LogP contribution in [0.1, 0.15) is 37.1 Å². The Morgan fingerprint density at radius 3 is 2.33 bits per heavy atom. The molecular weight excluding hydrogens is 333 g/mol. The second-order valence-electron chi connectivity index (χ2n) is 5.06. The average molecular weight is 352 g/mol. The van der Waals surface area contributed by atoms with Crippen LogP contribution >= 0.6 is 15.9 Å². The second kappa shape index (κ2) is 7.05. The number of halogens is 2. The van der Waals surface area contributed by atoms with Gasteiger partial charge in [0.05, 0.1) is 11.6 Å². The molecule has 1 N–H and O–H groups in total. The first-order valence-electron chi connectivity index (χ1n) is 6.86. The maximum absolute atomic E-state index is 13.3. The fourth-order valence-corrected chi connectivity index (χ4v) is 2.66. The van der Waals surface area contributed by atoms with Crippen LogP contribution in [0.4, 0.5) is 4.39 Å². The minimum absolute atomic E-state index is 0.114. The van der Waals surface area contributed by atoms with Crippen molar-refractivity contribution in [2.75, 3.05) is 7.11 Å². The van der Waals surface area contributed by atoms with Gasteiger partial charge >= 0.3 is 0 Å². The lowest BCUT2D eigenvalue weighted by molar-refractivity contribution is 0.412. The molecule has 2 aromatic rings. The highest BCUT2D eigenvalue weighted by Crippen LogP contribution is 2.25. The largest absolute Gasteiger partial charge is 0.497 e. The first kappa shape index (κ1) is 16.0. The van der Waals surface area contributed by atoms with Crippen molar-refractivity contribution in [2.45, 2.75) is 25.9 Å². The molecule has 112 valence electrons. The van der Waals surface area contributed by atoms with Crippen LogP contribution < -0.4 is 10.1 Å². The van der Waals surface area contributed by atoms with Gasteiger partial charge in [0.2, 0.25) is 0 Å². The van der Waals surface area contributed by atoms with Crippen LogP contribution in [0.15, 0.2) is 46.9 Å². The van der Waals surface area contributed by atoms with E-state index in [9.17, 15) is 4.39 Å². The Kier molecular flexibility index (Phi) is 5.37. The van der Waals surface area contributed by atoms with E-state index in [4.69, 9.17) is 4.74 Å². The molecule has 0 fully saturated rings. The van der Waals surface area contributed by atoms with Gasteiger partial charge in [-0.15, -0.1) is 0 Å². The lowest BCUT2D eigenvalue weighted by atomic mass is 10.0. The van der Waals surface area contributed by atoms with Gasteiger partial charge < -0.3 is 10.1 Å². The molecule has 0 aliphatic heterocycles. The van der Waals surface area contributed by atoms with E-state index in [1.807, 2.05) is 24.3 Å². The van der Waals surface area contributed by atoms with Crippen molar-refractivity contribution in [1.82, 2.24) is 5.32 Å². The number of hydrogen-bond acceptors (Lipinski definition) is 2. The third-order valence-electron chi connectivity index (χ3n) is 3.54. The zero-order chi connectivity index (χ0) is 15.4. The molecule has 0 saturated carbocycles. The number of methoxy groups -OCH3 is 1. The Morgan fingerprint density at radius 1 is 1.05 bits per heavy atom. The Labute approximate surface area is 133 Å². The van der Waals surface area contributed by atoms with Crippen LogP contribution in [0, 0.1) is 5.82 Å². The summed E-state index contributed by atoms with van der Waals surface area (Å²) in [6, 6.07) is 13.4. The SMILES string of the molecule is COc1cccc(C(C)NC(C)c2ccc(F)c(Br)c2)c1. The summed E-state index contributed by atoms with van der Waals surface area (Å²) in [5.74, 6) is 0.602. The van der Waals surface area contributed by atoms with E-state index in [0.717, 1.165) is 16.9 Å². The molecule has 0 amide bonds. The summed E-state index contributed by atoms with van der Waals surface area (Å²) >= 11 is 3.23. The van der Waals surface area contributed by atoms with E-state index in [-0.39, 0.29) is 17.9 Å². The van der Waals surface area contributed by atoms with Crippen LogP contribution in [0.25, 0.3) is 0 Å². The van der Waals surface area contributed by atoms with E-state index < -0.39 is 0 Å². The molecule has 2 atom stereocenters. The quantitative estimate of drug-likeness (QED) is 0.817. The minimum Gasteiger partial charge on any atom is -0.497 e. The summed E-state index contributed by atoms with van der Waals surface area (Å²) in [6.07, 6.45) is 0. The third kappa shape index (κ3) is 4.05. The number of benzene rings is 2. The van der Waals surface area contributed by atoms with Gasteiger partial charge in [0.15, 0.2) is 0 Å². The Bertz CT molecular complexity index is 617. The molecule has 0 aliphatic carbocycles. The molecule has 0 radical (unpaired) electrons. The molecule has 0 aliphatic rings. The highest BCUT2D eigenvalue weighted by Gasteiger charge is 2.13. The summed E-state index contributed by atoms with van der Waals surface area (Å²) in [4.78, 5) is 0. The lowest BCUT2D eigenvalue weighted by Gasteiger charge is -2.21. The van der Waals surface area contributed by atoms with Crippen LogP contribution in [0.5, 0.6) is 5.75 Å². The van der Waals surface area contributed by atoms with Gasteiger partial charge in [-0.2, -0.15) is 0 Å². The fraction of sp³-hybridized carbons (Fsp3) is 0.294. The zero-order valence-corrected chi connectivity index (χ0v) is 13.9. The van der Waals surface area contributed by atoms with Crippen LogP contribution in [0.3, 0.4) is 0 Å². The number of nitrogens with one attached hydrogen (secondary N) is 1. The minimum atomic E-state index is -0.244. The molecule has 2 rings (SSSR count). The monoisotopic (exact) mass is 351 g/mol.